The van der Waals surface area contributed by atoms with E-state index >= 15 is 0 Å². The summed E-state index contributed by atoms with van der Waals surface area (Å²) in [6.07, 6.45) is 7.01. The predicted octanol–water partition coefficient (Wildman–Crippen LogP) is 4.75. The van der Waals surface area contributed by atoms with Gasteiger partial charge in [-0.15, -0.1) is 0 Å². The van der Waals surface area contributed by atoms with Crippen LogP contribution in [-0.2, 0) is 13.0 Å². The Morgan fingerprint density at radius 1 is 1.05 bits per heavy atom. The average molecular weight is 308 g/mol. The van der Waals surface area contributed by atoms with Crippen molar-refractivity contribution in [2.24, 2.45) is 0 Å². The lowest BCUT2D eigenvalue weighted by Gasteiger charge is -2.12. The van der Waals surface area contributed by atoms with Gasteiger partial charge in [0.1, 0.15) is 0 Å². The Labute approximate surface area is 136 Å². The minimum atomic E-state index is 0.842. The number of aryl methyl sites for hydroxylation is 1. The van der Waals surface area contributed by atoms with Gasteiger partial charge in [0, 0.05) is 30.0 Å². The van der Waals surface area contributed by atoms with Crippen molar-refractivity contribution in [1.82, 2.24) is 4.98 Å². The molecule has 0 aliphatic heterocycles. The molecule has 0 unspecified atom stereocenters. The number of hydrogen-bond donors (Lipinski definition) is 1. The van der Waals surface area contributed by atoms with Gasteiger partial charge in [0.2, 0.25) is 0 Å². The van der Waals surface area contributed by atoms with Gasteiger partial charge < -0.3 is 5.32 Å². The molecule has 3 rings (SSSR count). The lowest BCUT2D eigenvalue weighted by molar-refractivity contribution is 1.10. The van der Waals surface area contributed by atoms with Crippen LogP contribution >= 0.6 is 11.8 Å². The van der Waals surface area contributed by atoms with Gasteiger partial charge in [-0.1, -0.05) is 30.3 Å². The molecule has 0 atom stereocenters. The van der Waals surface area contributed by atoms with Crippen LogP contribution in [0.2, 0.25) is 0 Å². The first-order chi connectivity index (χ1) is 10.9. The van der Waals surface area contributed by atoms with E-state index in [1.165, 1.54) is 27.6 Å². The molecule has 1 aromatic heterocycles. The number of aromatic nitrogens is 1. The number of rotatable bonds is 6. The van der Waals surface area contributed by atoms with E-state index in [1.54, 1.807) is 0 Å². The van der Waals surface area contributed by atoms with Crippen LogP contribution in [0.5, 0.6) is 0 Å². The molecular formula is C19H20N2S. The fourth-order valence-corrected chi connectivity index (χ4v) is 2.99. The summed E-state index contributed by atoms with van der Waals surface area (Å²) in [5.74, 6) is 1.15. The number of hydrogen-bond acceptors (Lipinski definition) is 3. The van der Waals surface area contributed by atoms with Crippen molar-refractivity contribution < 1.29 is 0 Å². The number of pyridine rings is 1. The fourth-order valence-electron chi connectivity index (χ4n) is 2.56. The third-order valence-corrected chi connectivity index (χ3v) is 4.39. The first-order valence-electron chi connectivity index (χ1n) is 7.50. The topological polar surface area (TPSA) is 24.9 Å². The quantitative estimate of drug-likeness (QED) is 0.711. The van der Waals surface area contributed by atoms with Crippen molar-refractivity contribution in [2.75, 3.05) is 17.3 Å². The van der Waals surface area contributed by atoms with Crippen LogP contribution in [0.4, 0.5) is 5.69 Å². The highest BCUT2D eigenvalue weighted by atomic mass is 32.2. The highest BCUT2D eigenvalue weighted by molar-refractivity contribution is 7.98. The second-order valence-corrected chi connectivity index (χ2v) is 6.30. The summed E-state index contributed by atoms with van der Waals surface area (Å²) in [5.41, 5.74) is 3.92. The zero-order valence-corrected chi connectivity index (χ0v) is 13.6. The van der Waals surface area contributed by atoms with Gasteiger partial charge in [-0.3, -0.25) is 4.98 Å². The van der Waals surface area contributed by atoms with Crippen LogP contribution in [0, 0.1) is 0 Å². The number of fused-ring (bicyclic) bond motifs is 1. The molecule has 2 aromatic carbocycles. The van der Waals surface area contributed by atoms with Crippen LogP contribution in [0.1, 0.15) is 11.1 Å². The molecule has 0 aliphatic rings. The average Bonchev–Trinajstić information content (AvgIpc) is 2.58. The summed E-state index contributed by atoms with van der Waals surface area (Å²) < 4.78 is 0. The number of thioether (sulfide) groups is 1. The third-order valence-electron chi connectivity index (χ3n) is 3.78. The Bertz CT molecular complexity index is 755. The molecule has 3 aromatic rings. The zero-order valence-electron chi connectivity index (χ0n) is 12.8. The largest absolute Gasteiger partial charge is 0.381 e. The Morgan fingerprint density at radius 3 is 2.86 bits per heavy atom. The molecule has 22 heavy (non-hydrogen) atoms. The number of anilines is 1. The summed E-state index contributed by atoms with van der Waals surface area (Å²) in [5, 5.41) is 6.01. The second-order valence-electron chi connectivity index (χ2n) is 5.31. The summed E-state index contributed by atoms with van der Waals surface area (Å²) in [6, 6.07) is 17.2. The number of nitrogens with one attached hydrogen (secondary N) is 1. The number of nitrogens with zero attached hydrogens (tertiary/aromatic N) is 1. The third kappa shape index (κ3) is 3.60. The summed E-state index contributed by atoms with van der Waals surface area (Å²) in [7, 11) is 0. The summed E-state index contributed by atoms with van der Waals surface area (Å²) in [6.45, 7) is 0.842. The highest BCUT2D eigenvalue weighted by Crippen LogP contribution is 2.19. The van der Waals surface area contributed by atoms with Gasteiger partial charge in [0.25, 0.3) is 0 Å². The molecule has 0 saturated heterocycles. The molecule has 0 amide bonds. The molecule has 0 radical (unpaired) electrons. The summed E-state index contributed by atoms with van der Waals surface area (Å²) >= 11 is 1.89. The van der Waals surface area contributed by atoms with Gasteiger partial charge in [-0.25, -0.2) is 0 Å². The minimum absolute atomic E-state index is 0.842. The van der Waals surface area contributed by atoms with Crippen LogP contribution < -0.4 is 5.32 Å². The van der Waals surface area contributed by atoms with Crippen molar-refractivity contribution in [3.8, 4) is 0 Å². The molecule has 0 aliphatic carbocycles. The maximum absolute atomic E-state index is 4.16. The van der Waals surface area contributed by atoms with Gasteiger partial charge in [0.05, 0.1) is 0 Å². The van der Waals surface area contributed by atoms with Crippen molar-refractivity contribution >= 4 is 28.2 Å². The normalized spacial score (nSPS) is 10.8. The van der Waals surface area contributed by atoms with Crippen molar-refractivity contribution in [2.45, 2.75) is 13.0 Å². The van der Waals surface area contributed by atoms with Crippen molar-refractivity contribution in [3.05, 3.63) is 72.1 Å². The standard InChI is InChI=1S/C19H20N2S/c1-22-11-9-16-4-2-3-5-19(16)21-13-15-6-7-18-14-20-10-8-17(18)12-15/h2-8,10,12,14,21H,9,11,13H2,1H3. The van der Waals surface area contributed by atoms with Crippen molar-refractivity contribution in [1.29, 1.82) is 0 Å². The zero-order chi connectivity index (χ0) is 15.2. The lowest BCUT2D eigenvalue weighted by atomic mass is 10.1. The van der Waals surface area contributed by atoms with E-state index in [4.69, 9.17) is 0 Å². The van der Waals surface area contributed by atoms with E-state index in [1.807, 2.05) is 24.2 Å². The SMILES string of the molecule is CSCCc1ccccc1NCc1ccc2cnccc2c1. The van der Waals surface area contributed by atoms with E-state index in [2.05, 4.69) is 65.1 Å². The molecule has 0 spiro atoms. The van der Waals surface area contributed by atoms with Crippen LogP contribution in [0.25, 0.3) is 10.8 Å². The Hall–Kier alpha value is -2.00. The predicted molar refractivity (Wildman–Crippen MR) is 97.6 cm³/mol. The number of benzene rings is 2. The second kappa shape index (κ2) is 7.32. The summed E-state index contributed by atoms with van der Waals surface area (Å²) in [4.78, 5) is 4.16. The lowest BCUT2D eigenvalue weighted by Crippen LogP contribution is -2.03. The molecular weight excluding hydrogens is 288 g/mol. The first-order valence-corrected chi connectivity index (χ1v) is 8.89. The van der Waals surface area contributed by atoms with Crippen molar-refractivity contribution in [3.63, 3.8) is 0 Å². The van der Waals surface area contributed by atoms with E-state index in [9.17, 15) is 0 Å². The molecule has 3 heteroatoms. The van der Waals surface area contributed by atoms with E-state index in [0.717, 1.165) is 18.7 Å². The van der Waals surface area contributed by atoms with Gasteiger partial charge in [-0.2, -0.15) is 11.8 Å². The van der Waals surface area contributed by atoms with E-state index in [-0.39, 0.29) is 0 Å². The maximum Gasteiger partial charge on any atom is 0.0401 e. The van der Waals surface area contributed by atoms with Crippen LogP contribution in [0.15, 0.2) is 60.9 Å². The molecule has 112 valence electrons. The minimum Gasteiger partial charge on any atom is -0.381 e. The van der Waals surface area contributed by atoms with Gasteiger partial charge in [0.15, 0.2) is 0 Å². The van der Waals surface area contributed by atoms with Gasteiger partial charge >= 0.3 is 0 Å². The Kier molecular flexibility index (Phi) is 4.96. The monoisotopic (exact) mass is 308 g/mol. The molecule has 0 bridgehead atoms. The maximum atomic E-state index is 4.16. The van der Waals surface area contributed by atoms with E-state index < -0.39 is 0 Å². The first kappa shape index (κ1) is 14.9. The van der Waals surface area contributed by atoms with E-state index in [0.29, 0.717) is 0 Å². The number of para-hydroxylation sites is 1. The molecule has 0 fully saturated rings. The molecule has 1 heterocycles. The Morgan fingerprint density at radius 2 is 1.95 bits per heavy atom. The Balaban J connectivity index is 1.73. The van der Waals surface area contributed by atoms with Crippen LogP contribution in [0.3, 0.4) is 0 Å². The molecule has 1 N–H and O–H groups in total. The van der Waals surface area contributed by atoms with Gasteiger partial charge in [-0.05, 0) is 53.1 Å². The van der Waals surface area contributed by atoms with Crippen LogP contribution in [-0.4, -0.2) is 17.0 Å². The molecule has 2 nitrogen and oxygen atoms in total. The highest BCUT2D eigenvalue weighted by Gasteiger charge is 2.02. The molecule has 0 saturated carbocycles. The smallest absolute Gasteiger partial charge is 0.0401 e. The fraction of sp³-hybridized carbons (Fsp3) is 0.211.